The van der Waals surface area contributed by atoms with Crippen molar-refractivity contribution < 1.29 is 14.6 Å². The zero-order chi connectivity index (χ0) is 14.7. The van der Waals surface area contributed by atoms with Gasteiger partial charge in [-0.15, -0.1) is 11.3 Å². The minimum Gasteiger partial charge on any atom is -0.485 e. The van der Waals surface area contributed by atoms with E-state index in [0.717, 1.165) is 35.8 Å². The monoisotopic (exact) mass is 306 g/mol. The van der Waals surface area contributed by atoms with E-state index in [0.29, 0.717) is 18.1 Å². The second kappa shape index (κ2) is 6.51. The van der Waals surface area contributed by atoms with Crippen LogP contribution in [0.25, 0.3) is 0 Å². The molecule has 0 saturated carbocycles. The van der Waals surface area contributed by atoms with E-state index >= 15 is 0 Å². The lowest BCUT2D eigenvalue weighted by molar-refractivity contribution is 0.111. The summed E-state index contributed by atoms with van der Waals surface area (Å²) in [5, 5.41) is 12.3. The van der Waals surface area contributed by atoms with E-state index in [4.69, 9.17) is 9.47 Å². The summed E-state index contributed by atoms with van der Waals surface area (Å²) in [6.07, 6.45) is 2.30. The maximum absolute atomic E-state index is 9.32. The van der Waals surface area contributed by atoms with Crippen LogP contribution in [0.15, 0.2) is 17.5 Å². The number of pyridine rings is 1. The molecular formula is C15H18N2O3S. The summed E-state index contributed by atoms with van der Waals surface area (Å²) in [5.74, 6) is 0.606. The Morgan fingerprint density at radius 2 is 2.33 bits per heavy atom. The van der Waals surface area contributed by atoms with Gasteiger partial charge in [-0.3, -0.25) is 4.98 Å². The van der Waals surface area contributed by atoms with Crippen LogP contribution in [0.1, 0.15) is 41.0 Å². The Morgan fingerprint density at radius 3 is 3.10 bits per heavy atom. The number of aliphatic hydroxyl groups excluding tert-OH is 1. The third kappa shape index (κ3) is 3.40. The van der Waals surface area contributed by atoms with Crippen molar-refractivity contribution in [1.82, 2.24) is 9.97 Å². The van der Waals surface area contributed by atoms with Crippen LogP contribution in [0, 0.1) is 6.92 Å². The van der Waals surface area contributed by atoms with Gasteiger partial charge in [-0.2, -0.15) is 0 Å². The first-order valence-corrected chi connectivity index (χ1v) is 7.90. The van der Waals surface area contributed by atoms with Crippen molar-refractivity contribution in [3.8, 4) is 5.75 Å². The number of thiazole rings is 1. The maximum Gasteiger partial charge on any atom is 0.143 e. The molecule has 5 nitrogen and oxygen atoms in total. The molecule has 3 rings (SSSR count). The molecule has 0 bridgehead atoms. The van der Waals surface area contributed by atoms with Crippen molar-refractivity contribution >= 4 is 11.3 Å². The van der Waals surface area contributed by atoms with E-state index in [-0.39, 0.29) is 12.7 Å². The molecule has 1 fully saturated rings. The van der Waals surface area contributed by atoms with Gasteiger partial charge in [-0.05, 0) is 31.9 Å². The first kappa shape index (κ1) is 14.4. The molecule has 0 aromatic carbocycles. The van der Waals surface area contributed by atoms with Crippen molar-refractivity contribution in [1.29, 1.82) is 0 Å². The van der Waals surface area contributed by atoms with Gasteiger partial charge in [-0.1, -0.05) is 0 Å². The summed E-state index contributed by atoms with van der Waals surface area (Å²) in [7, 11) is 0. The number of nitrogens with zero attached hydrogens (tertiary/aromatic N) is 2. The molecule has 0 unspecified atom stereocenters. The van der Waals surface area contributed by atoms with Gasteiger partial charge in [0.1, 0.15) is 29.2 Å². The highest BCUT2D eigenvalue weighted by Crippen LogP contribution is 2.30. The van der Waals surface area contributed by atoms with Crippen molar-refractivity contribution in [3.63, 3.8) is 0 Å². The Labute approximate surface area is 127 Å². The number of hydrogen-bond acceptors (Lipinski definition) is 6. The summed E-state index contributed by atoms with van der Waals surface area (Å²) in [6, 6.07) is 3.70. The molecule has 1 atom stereocenters. The van der Waals surface area contributed by atoms with Crippen molar-refractivity contribution in [2.24, 2.45) is 0 Å². The summed E-state index contributed by atoms with van der Waals surface area (Å²) in [6.45, 7) is 2.96. The molecule has 1 saturated heterocycles. The van der Waals surface area contributed by atoms with Crippen LogP contribution in [-0.4, -0.2) is 21.7 Å². The fourth-order valence-corrected chi connectivity index (χ4v) is 3.19. The van der Waals surface area contributed by atoms with Crippen LogP contribution in [0.2, 0.25) is 0 Å². The largest absolute Gasteiger partial charge is 0.485 e. The third-order valence-electron chi connectivity index (χ3n) is 3.37. The summed E-state index contributed by atoms with van der Waals surface area (Å²) in [5.41, 5.74) is 2.31. The molecule has 112 valence electrons. The average molecular weight is 306 g/mol. The smallest absolute Gasteiger partial charge is 0.143 e. The number of aromatic nitrogens is 2. The summed E-state index contributed by atoms with van der Waals surface area (Å²) in [4.78, 5) is 8.83. The second-order valence-electron chi connectivity index (χ2n) is 5.02. The zero-order valence-electron chi connectivity index (χ0n) is 11.9. The fourth-order valence-electron chi connectivity index (χ4n) is 2.30. The quantitative estimate of drug-likeness (QED) is 0.920. The molecule has 2 aromatic heterocycles. The van der Waals surface area contributed by atoms with Gasteiger partial charge in [0, 0.05) is 17.7 Å². The van der Waals surface area contributed by atoms with Gasteiger partial charge in [0.15, 0.2) is 0 Å². The highest BCUT2D eigenvalue weighted by molar-refractivity contribution is 7.09. The standard InChI is InChI=1S/C15H18N2O3S/c1-10-4-5-13(12(7-18)16-10)20-8-11-9-21-15(17-11)14-3-2-6-19-14/h4-5,9,14,18H,2-3,6-8H2,1H3/t14-/m1/s1. The van der Waals surface area contributed by atoms with E-state index in [1.165, 1.54) is 0 Å². The van der Waals surface area contributed by atoms with E-state index in [2.05, 4.69) is 9.97 Å². The Morgan fingerprint density at radius 1 is 1.43 bits per heavy atom. The Bertz CT molecular complexity index is 609. The van der Waals surface area contributed by atoms with Gasteiger partial charge >= 0.3 is 0 Å². The normalized spacial score (nSPS) is 18.1. The summed E-state index contributed by atoms with van der Waals surface area (Å²) < 4.78 is 11.4. The Balaban J connectivity index is 1.65. The first-order valence-electron chi connectivity index (χ1n) is 7.02. The second-order valence-corrected chi connectivity index (χ2v) is 5.91. The van der Waals surface area contributed by atoms with Crippen LogP contribution in [0.4, 0.5) is 0 Å². The number of rotatable bonds is 5. The lowest BCUT2D eigenvalue weighted by atomic mass is 10.2. The van der Waals surface area contributed by atoms with E-state index < -0.39 is 0 Å². The molecule has 21 heavy (non-hydrogen) atoms. The van der Waals surface area contributed by atoms with Crippen LogP contribution in [-0.2, 0) is 18.0 Å². The highest BCUT2D eigenvalue weighted by Gasteiger charge is 2.21. The van der Waals surface area contributed by atoms with Gasteiger partial charge in [-0.25, -0.2) is 4.98 Å². The van der Waals surface area contributed by atoms with Crippen LogP contribution >= 0.6 is 11.3 Å². The zero-order valence-corrected chi connectivity index (χ0v) is 12.7. The predicted molar refractivity (Wildman–Crippen MR) is 79.3 cm³/mol. The topological polar surface area (TPSA) is 64.5 Å². The minimum atomic E-state index is -0.130. The number of aliphatic hydroxyl groups is 1. The lowest BCUT2D eigenvalue weighted by Gasteiger charge is -2.09. The Kier molecular flexibility index (Phi) is 4.48. The highest BCUT2D eigenvalue weighted by atomic mass is 32.1. The maximum atomic E-state index is 9.32. The number of aryl methyl sites for hydroxylation is 1. The fraction of sp³-hybridized carbons (Fsp3) is 0.467. The lowest BCUT2D eigenvalue weighted by Crippen LogP contribution is -2.02. The molecule has 1 N–H and O–H groups in total. The molecule has 0 amide bonds. The predicted octanol–water partition coefficient (Wildman–Crippen LogP) is 2.77. The molecule has 3 heterocycles. The van der Waals surface area contributed by atoms with Gasteiger partial charge in [0.2, 0.25) is 0 Å². The molecular weight excluding hydrogens is 288 g/mol. The van der Waals surface area contributed by atoms with Crippen molar-refractivity contribution in [2.75, 3.05) is 6.61 Å². The van der Waals surface area contributed by atoms with E-state index in [9.17, 15) is 5.11 Å². The first-order chi connectivity index (χ1) is 10.3. The van der Waals surface area contributed by atoms with Gasteiger partial charge in [0.25, 0.3) is 0 Å². The molecule has 1 aliphatic rings. The molecule has 2 aromatic rings. The van der Waals surface area contributed by atoms with Crippen LogP contribution < -0.4 is 4.74 Å². The third-order valence-corrected chi connectivity index (χ3v) is 4.36. The van der Waals surface area contributed by atoms with Crippen LogP contribution in [0.5, 0.6) is 5.75 Å². The molecule has 0 radical (unpaired) electrons. The van der Waals surface area contributed by atoms with E-state index in [1.807, 2.05) is 24.4 Å². The molecule has 0 spiro atoms. The Hall–Kier alpha value is -1.50. The van der Waals surface area contributed by atoms with E-state index in [1.54, 1.807) is 11.3 Å². The number of ether oxygens (including phenoxy) is 2. The van der Waals surface area contributed by atoms with Gasteiger partial charge < -0.3 is 14.6 Å². The summed E-state index contributed by atoms with van der Waals surface area (Å²) >= 11 is 1.61. The molecule has 0 aliphatic carbocycles. The van der Waals surface area contributed by atoms with Crippen LogP contribution in [0.3, 0.4) is 0 Å². The van der Waals surface area contributed by atoms with Gasteiger partial charge in [0.05, 0.1) is 12.3 Å². The van der Waals surface area contributed by atoms with Crippen molar-refractivity contribution in [2.45, 2.75) is 39.1 Å². The molecule has 1 aliphatic heterocycles. The SMILES string of the molecule is Cc1ccc(OCc2csc([C@H]3CCCO3)n2)c(CO)n1. The van der Waals surface area contributed by atoms with Crippen molar-refractivity contribution in [3.05, 3.63) is 39.6 Å². The number of hydrogen-bond donors (Lipinski definition) is 1. The minimum absolute atomic E-state index is 0.130. The average Bonchev–Trinajstić information content (AvgIpc) is 3.16. The molecule has 6 heteroatoms.